The van der Waals surface area contributed by atoms with Gasteiger partial charge < -0.3 is 15.4 Å². The summed E-state index contributed by atoms with van der Waals surface area (Å²) >= 11 is 0. The fraction of sp³-hybridized carbons (Fsp3) is 0.259. The first-order chi connectivity index (χ1) is 16.2. The summed E-state index contributed by atoms with van der Waals surface area (Å²) in [7, 11) is 0. The number of benzene rings is 3. The molecule has 0 unspecified atom stereocenters. The molecule has 0 saturated carbocycles. The molecule has 1 aliphatic heterocycles. The van der Waals surface area contributed by atoms with E-state index in [1.54, 1.807) is 0 Å². The highest BCUT2D eigenvalue weighted by Crippen LogP contribution is 2.27. The number of fused-ring (bicyclic) bond motifs is 2. The summed E-state index contributed by atoms with van der Waals surface area (Å²) in [5.74, 6) is 0.904. The first kappa shape index (κ1) is 20.1. The zero-order valence-corrected chi connectivity index (χ0v) is 18.4. The van der Waals surface area contributed by atoms with Crippen LogP contribution < -0.4 is 5.32 Å². The molecule has 0 aliphatic carbocycles. The zero-order chi connectivity index (χ0) is 22.2. The predicted molar refractivity (Wildman–Crippen MR) is 130 cm³/mol. The van der Waals surface area contributed by atoms with E-state index >= 15 is 0 Å². The van der Waals surface area contributed by atoms with E-state index < -0.39 is 6.10 Å². The van der Waals surface area contributed by atoms with Gasteiger partial charge in [0.15, 0.2) is 0 Å². The van der Waals surface area contributed by atoms with Crippen molar-refractivity contribution in [1.29, 1.82) is 0 Å². The first-order valence-electron chi connectivity index (χ1n) is 11.6. The maximum atomic E-state index is 10.7. The number of imidazole rings is 1. The number of aliphatic hydroxyl groups is 1. The average molecular weight is 438 g/mol. The number of rotatable bonds is 6. The molecule has 3 N–H and O–H groups in total. The average Bonchev–Trinajstić information content (AvgIpc) is 3.58. The highest BCUT2D eigenvalue weighted by Gasteiger charge is 2.29. The van der Waals surface area contributed by atoms with E-state index in [4.69, 9.17) is 4.98 Å². The van der Waals surface area contributed by atoms with E-state index in [9.17, 15) is 5.11 Å². The number of hydrogen-bond acceptors (Lipinski definition) is 4. The minimum atomic E-state index is -0.466. The normalized spacial score (nSPS) is 19.4. The van der Waals surface area contributed by atoms with Gasteiger partial charge in [-0.15, -0.1) is 0 Å². The number of nitrogens with one attached hydrogen (secondary N) is 2. The molecule has 3 aromatic carbocycles. The van der Waals surface area contributed by atoms with E-state index in [1.165, 1.54) is 5.56 Å². The van der Waals surface area contributed by atoms with Crippen molar-refractivity contribution in [2.24, 2.45) is 0 Å². The van der Waals surface area contributed by atoms with Crippen LogP contribution in [-0.2, 0) is 13.0 Å². The third-order valence-electron chi connectivity index (χ3n) is 6.73. The molecular formula is C27H27N5O. The van der Waals surface area contributed by atoms with E-state index in [2.05, 4.69) is 45.7 Å². The maximum absolute atomic E-state index is 10.7. The molecule has 6 rings (SSSR count). The number of H-pyrrole nitrogens is 1. The summed E-state index contributed by atoms with van der Waals surface area (Å²) in [5, 5.41) is 20.0. The van der Waals surface area contributed by atoms with Crippen molar-refractivity contribution < 1.29 is 5.11 Å². The number of aliphatic hydroxyl groups excluding tert-OH is 1. The molecule has 3 heterocycles. The molecule has 2 aromatic heterocycles. The van der Waals surface area contributed by atoms with E-state index in [0.717, 1.165) is 52.6 Å². The van der Waals surface area contributed by atoms with Crippen molar-refractivity contribution in [1.82, 2.24) is 25.1 Å². The predicted octanol–water partition coefficient (Wildman–Crippen LogP) is 4.36. The summed E-state index contributed by atoms with van der Waals surface area (Å²) in [6.45, 7) is 0.612. The van der Waals surface area contributed by atoms with Gasteiger partial charge in [0, 0.05) is 17.5 Å². The van der Waals surface area contributed by atoms with Crippen LogP contribution in [-0.4, -0.2) is 36.9 Å². The topological polar surface area (TPSA) is 78.8 Å². The SMILES string of the molecule is O[C@H](c1ccccc1)[C@H]1CC[C@@H](Cc2ccc3nc(Cn4ncc5ccccc54)[nH]c3c2)N1. The van der Waals surface area contributed by atoms with Gasteiger partial charge in [0.25, 0.3) is 0 Å². The van der Waals surface area contributed by atoms with Crippen LogP contribution in [0.5, 0.6) is 0 Å². The van der Waals surface area contributed by atoms with Crippen LogP contribution in [0.25, 0.3) is 21.9 Å². The molecule has 0 radical (unpaired) electrons. The zero-order valence-electron chi connectivity index (χ0n) is 18.4. The van der Waals surface area contributed by atoms with Crippen molar-refractivity contribution >= 4 is 21.9 Å². The Balaban J connectivity index is 1.14. The van der Waals surface area contributed by atoms with Gasteiger partial charge in [-0.25, -0.2) is 4.98 Å². The van der Waals surface area contributed by atoms with Crippen molar-refractivity contribution in [3.8, 4) is 0 Å². The van der Waals surface area contributed by atoms with Gasteiger partial charge in [0.2, 0.25) is 0 Å². The number of hydrogen-bond donors (Lipinski definition) is 3. The van der Waals surface area contributed by atoms with Crippen molar-refractivity contribution in [2.45, 2.75) is 44.0 Å². The van der Waals surface area contributed by atoms with E-state index in [0.29, 0.717) is 12.6 Å². The molecule has 0 bridgehead atoms. The summed E-state index contributed by atoms with van der Waals surface area (Å²) in [6.07, 6.45) is 4.41. The molecular weight excluding hydrogens is 410 g/mol. The first-order valence-corrected chi connectivity index (χ1v) is 11.6. The number of aromatic amines is 1. The Bertz CT molecular complexity index is 1390. The Labute approximate surface area is 192 Å². The molecule has 1 saturated heterocycles. The molecule has 1 aliphatic rings. The highest BCUT2D eigenvalue weighted by molar-refractivity contribution is 5.78. The maximum Gasteiger partial charge on any atom is 0.129 e. The van der Waals surface area contributed by atoms with Gasteiger partial charge in [-0.05, 0) is 48.6 Å². The van der Waals surface area contributed by atoms with Gasteiger partial charge in [0.05, 0.1) is 35.4 Å². The lowest BCUT2D eigenvalue weighted by molar-refractivity contribution is 0.135. The highest BCUT2D eigenvalue weighted by atomic mass is 16.3. The van der Waals surface area contributed by atoms with Crippen molar-refractivity contribution in [3.05, 3.63) is 95.9 Å². The second-order valence-corrected chi connectivity index (χ2v) is 9.00. The minimum Gasteiger partial charge on any atom is -0.387 e. The summed E-state index contributed by atoms with van der Waals surface area (Å²) < 4.78 is 1.98. The van der Waals surface area contributed by atoms with Crippen LogP contribution in [0.3, 0.4) is 0 Å². The van der Waals surface area contributed by atoms with Crippen LogP contribution in [0, 0.1) is 0 Å². The molecule has 166 valence electrons. The summed E-state index contributed by atoms with van der Waals surface area (Å²) in [4.78, 5) is 8.25. The molecule has 33 heavy (non-hydrogen) atoms. The van der Waals surface area contributed by atoms with Gasteiger partial charge in [-0.2, -0.15) is 5.10 Å². The number of aromatic nitrogens is 4. The fourth-order valence-electron chi connectivity index (χ4n) is 5.03. The largest absolute Gasteiger partial charge is 0.387 e. The monoisotopic (exact) mass is 437 g/mol. The molecule has 6 nitrogen and oxygen atoms in total. The lowest BCUT2D eigenvalue weighted by Gasteiger charge is -2.20. The second-order valence-electron chi connectivity index (χ2n) is 9.00. The molecule has 3 atom stereocenters. The second kappa shape index (κ2) is 8.46. The smallest absolute Gasteiger partial charge is 0.129 e. The van der Waals surface area contributed by atoms with Crippen LogP contribution >= 0.6 is 0 Å². The van der Waals surface area contributed by atoms with Crippen LogP contribution in [0.4, 0.5) is 0 Å². The fourth-order valence-corrected chi connectivity index (χ4v) is 5.03. The number of para-hydroxylation sites is 1. The quantitative estimate of drug-likeness (QED) is 0.369. The Morgan fingerprint density at radius 2 is 1.85 bits per heavy atom. The Morgan fingerprint density at radius 3 is 2.76 bits per heavy atom. The Hall–Kier alpha value is -3.48. The Morgan fingerprint density at radius 1 is 1.00 bits per heavy atom. The molecule has 0 amide bonds. The van der Waals surface area contributed by atoms with E-state index in [1.807, 2.05) is 53.3 Å². The van der Waals surface area contributed by atoms with Gasteiger partial charge >= 0.3 is 0 Å². The van der Waals surface area contributed by atoms with Crippen LogP contribution in [0.15, 0.2) is 79.0 Å². The standard InChI is InChI=1S/C27H27N5O/c33-27(19-6-2-1-3-7-19)23-13-11-21(29-23)14-18-10-12-22-24(15-18)31-26(30-22)17-32-25-9-5-4-8-20(25)16-28-32/h1-10,12,15-16,21,23,27,29,33H,11,13-14,17H2,(H,30,31)/t21-,23+,27+/m0/s1. The number of nitrogens with zero attached hydrogens (tertiary/aromatic N) is 3. The molecule has 0 spiro atoms. The van der Waals surface area contributed by atoms with Crippen LogP contribution in [0.1, 0.15) is 35.9 Å². The van der Waals surface area contributed by atoms with Gasteiger partial charge in [0.1, 0.15) is 5.82 Å². The Kier molecular flexibility index (Phi) is 5.17. The summed E-state index contributed by atoms with van der Waals surface area (Å²) in [5.41, 5.74) is 5.39. The van der Waals surface area contributed by atoms with Crippen molar-refractivity contribution in [2.75, 3.05) is 0 Å². The van der Waals surface area contributed by atoms with Gasteiger partial charge in [-0.1, -0.05) is 54.6 Å². The van der Waals surface area contributed by atoms with E-state index in [-0.39, 0.29) is 6.04 Å². The third-order valence-corrected chi connectivity index (χ3v) is 6.73. The van der Waals surface area contributed by atoms with Crippen LogP contribution in [0.2, 0.25) is 0 Å². The molecule has 5 aromatic rings. The van der Waals surface area contributed by atoms with Gasteiger partial charge in [-0.3, -0.25) is 4.68 Å². The third kappa shape index (κ3) is 4.03. The molecule has 6 heteroatoms. The molecule has 1 fully saturated rings. The lowest BCUT2D eigenvalue weighted by atomic mass is 10.0. The lowest BCUT2D eigenvalue weighted by Crippen LogP contribution is -2.35. The minimum absolute atomic E-state index is 0.101. The summed E-state index contributed by atoms with van der Waals surface area (Å²) in [6, 6.07) is 25.1. The van der Waals surface area contributed by atoms with Crippen molar-refractivity contribution in [3.63, 3.8) is 0 Å².